The molecule has 0 unspecified atom stereocenters. The summed E-state index contributed by atoms with van der Waals surface area (Å²) in [7, 11) is 1.61. The van der Waals surface area contributed by atoms with Gasteiger partial charge in [0, 0.05) is 26.0 Å². The van der Waals surface area contributed by atoms with Gasteiger partial charge >= 0.3 is 5.69 Å². The van der Waals surface area contributed by atoms with E-state index in [1.165, 1.54) is 9.13 Å². The van der Waals surface area contributed by atoms with Crippen molar-refractivity contribution in [3.63, 3.8) is 0 Å². The second-order valence-corrected chi connectivity index (χ2v) is 7.62. The van der Waals surface area contributed by atoms with Crippen molar-refractivity contribution in [3.05, 3.63) is 97.8 Å². The Hall–Kier alpha value is -3.52. The summed E-state index contributed by atoms with van der Waals surface area (Å²) in [4.78, 5) is 43.0. The van der Waals surface area contributed by atoms with Crippen molar-refractivity contribution in [2.75, 3.05) is 0 Å². The van der Waals surface area contributed by atoms with E-state index in [1.807, 2.05) is 42.5 Å². The Kier molecular flexibility index (Phi) is 5.09. The minimum atomic E-state index is -0.406. The zero-order valence-corrected chi connectivity index (χ0v) is 16.5. The van der Waals surface area contributed by atoms with Gasteiger partial charge in [-0.1, -0.05) is 30.3 Å². The third-order valence-electron chi connectivity index (χ3n) is 4.62. The van der Waals surface area contributed by atoms with E-state index >= 15 is 0 Å². The van der Waals surface area contributed by atoms with E-state index in [9.17, 15) is 14.4 Å². The van der Waals surface area contributed by atoms with Gasteiger partial charge in [0.2, 0.25) is 0 Å². The van der Waals surface area contributed by atoms with Gasteiger partial charge in [0.05, 0.1) is 16.8 Å². The number of aromatic nitrogens is 3. The van der Waals surface area contributed by atoms with Crippen molar-refractivity contribution in [3.8, 4) is 0 Å². The normalized spacial score (nSPS) is 10.9. The fourth-order valence-electron chi connectivity index (χ4n) is 3.07. The minimum Gasteiger partial charge on any atom is -0.347 e. The van der Waals surface area contributed by atoms with Gasteiger partial charge in [0.15, 0.2) is 0 Å². The number of nitrogens with zero attached hydrogens (tertiary/aromatic N) is 3. The van der Waals surface area contributed by atoms with Gasteiger partial charge < -0.3 is 5.32 Å². The summed E-state index contributed by atoms with van der Waals surface area (Å²) in [5.74, 6) is -0.288. The Morgan fingerprint density at radius 1 is 1.07 bits per heavy atom. The second-order valence-electron chi connectivity index (χ2n) is 6.59. The molecule has 8 heteroatoms. The summed E-state index contributed by atoms with van der Waals surface area (Å²) in [5.41, 5.74) is 0.983. The largest absolute Gasteiger partial charge is 0.347 e. The van der Waals surface area contributed by atoms with Crippen molar-refractivity contribution >= 4 is 27.5 Å². The topological polar surface area (TPSA) is 86.0 Å². The van der Waals surface area contributed by atoms with Crippen LogP contribution < -0.4 is 16.6 Å². The Morgan fingerprint density at radius 2 is 1.79 bits per heavy atom. The first-order valence-corrected chi connectivity index (χ1v) is 9.80. The molecule has 0 atom stereocenters. The van der Waals surface area contributed by atoms with Gasteiger partial charge in [-0.15, -0.1) is 11.3 Å². The van der Waals surface area contributed by atoms with Crippen LogP contribution >= 0.6 is 11.3 Å². The van der Waals surface area contributed by atoms with E-state index < -0.39 is 11.2 Å². The average Bonchev–Trinajstić information content (AvgIpc) is 3.21. The molecule has 0 aliphatic rings. The minimum absolute atomic E-state index is 0.182. The number of thiophene rings is 1. The number of amides is 1. The Labute approximate surface area is 169 Å². The van der Waals surface area contributed by atoms with Gasteiger partial charge in [0.25, 0.3) is 11.5 Å². The highest BCUT2D eigenvalue weighted by atomic mass is 32.1. The van der Waals surface area contributed by atoms with Crippen LogP contribution in [0.1, 0.15) is 20.8 Å². The predicted molar refractivity (Wildman–Crippen MR) is 112 cm³/mol. The first-order valence-electron chi connectivity index (χ1n) is 8.99. The van der Waals surface area contributed by atoms with Crippen molar-refractivity contribution in [2.24, 2.45) is 7.05 Å². The summed E-state index contributed by atoms with van der Waals surface area (Å²) in [5, 5.41) is 3.19. The van der Waals surface area contributed by atoms with Crippen LogP contribution in [0.25, 0.3) is 10.2 Å². The van der Waals surface area contributed by atoms with Gasteiger partial charge in [-0.25, -0.2) is 4.79 Å². The van der Waals surface area contributed by atoms with Gasteiger partial charge in [-0.2, -0.15) is 0 Å². The molecule has 29 heavy (non-hydrogen) atoms. The van der Waals surface area contributed by atoms with Crippen LogP contribution in [0.5, 0.6) is 0 Å². The summed E-state index contributed by atoms with van der Waals surface area (Å²) in [6, 6.07) is 14.5. The Balaban J connectivity index is 1.67. The lowest BCUT2D eigenvalue weighted by molar-refractivity contribution is 0.0955. The highest BCUT2D eigenvalue weighted by molar-refractivity contribution is 7.20. The average molecular weight is 406 g/mol. The van der Waals surface area contributed by atoms with Crippen LogP contribution in [0.3, 0.4) is 0 Å². The van der Waals surface area contributed by atoms with Crippen LogP contribution in [0.2, 0.25) is 0 Å². The van der Waals surface area contributed by atoms with Gasteiger partial charge in [0.1, 0.15) is 4.83 Å². The van der Waals surface area contributed by atoms with Gasteiger partial charge in [-0.05, 0) is 29.3 Å². The van der Waals surface area contributed by atoms with Crippen LogP contribution in [0.15, 0.2) is 70.5 Å². The monoisotopic (exact) mass is 406 g/mol. The molecular weight excluding hydrogens is 388 g/mol. The smallest absolute Gasteiger partial charge is 0.332 e. The standard InChI is InChI=1S/C21H18N4O3S/c1-24-20-16(19(27)25(21(24)28)13-15-5-3-2-4-6-15)11-17(29-20)18(26)23-12-14-7-9-22-10-8-14/h2-11H,12-13H2,1H3,(H,23,26). The summed E-state index contributed by atoms with van der Waals surface area (Å²) in [6.07, 6.45) is 3.32. The predicted octanol–water partition coefficient (Wildman–Crippen LogP) is 2.13. The van der Waals surface area contributed by atoms with Crippen molar-refractivity contribution in [1.29, 1.82) is 0 Å². The number of carbonyl (C=O) groups excluding carboxylic acids is 1. The Morgan fingerprint density at radius 3 is 2.52 bits per heavy atom. The lowest BCUT2D eigenvalue weighted by atomic mass is 10.2. The molecule has 1 amide bonds. The molecule has 0 spiro atoms. The molecule has 7 nitrogen and oxygen atoms in total. The van der Waals surface area contributed by atoms with E-state index in [2.05, 4.69) is 10.3 Å². The number of pyridine rings is 1. The summed E-state index contributed by atoms with van der Waals surface area (Å²) < 4.78 is 2.62. The van der Waals surface area contributed by atoms with E-state index in [0.29, 0.717) is 21.6 Å². The highest BCUT2D eigenvalue weighted by Gasteiger charge is 2.17. The third-order valence-corrected chi connectivity index (χ3v) is 5.83. The van der Waals surface area contributed by atoms with Crippen LogP contribution in [-0.2, 0) is 20.1 Å². The fourth-order valence-corrected chi connectivity index (χ4v) is 4.09. The molecule has 1 aromatic carbocycles. The summed E-state index contributed by atoms with van der Waals surface area (Å²) >= 11 is 1.14. The van der Waals surface area contributed by atoms with E-state index in [4.69, 9.17) is 0 Å². The molecule has 3 heterocycles. The number of rotatable bonds is 5. The first kappa shape index (κ1) is 18.8. The lowest BCUT2D eigenvalue weighted by Gasteiger charge is -2.08. The van der Waals surface area contributed by atoms with E-state index in [-0.39, 0.29) is 12.5 Å². The second kappa shape index (κ2) is 7.84. The molecule has 3 aromatic heterocycles. The zero-order valence-electron chi connectivity index (χ0n) is 15.7. The fraction of sp³-hybridized carbons (Fsp3) is 0.143. The first-order chi connectivity index (χ1) is 14.0. The van der Waals surface area contributed by atoms with Crippen LogP contribution in [-0.4, -0.2) is 20.0 Å². The molecule has 4 rings (SSSR count). The van der Waals surface area contributed by atoms with Gasteiger partial charge in [-0.3, -0.25) is 23.7 Å². The third kappa shape index (κ3) is 3.74. The molecule has 0 aliphatic heterocycles. The zero-order chi connectivity index (χ0) is 20.4. The maximum absolute atomic E-state index is 12.9. The quantitative estimate of drug-likeness (QED) is 0.550. The number of carbonyl (C=O) groups is 1. The lowest BCUT2D eigenvalue weighted by Crippen LogP contribution is -2.38. The van der Waals surface area contributed by atoms with Crippen LogP contribution in [0.4, 0.5) is 0 Å². The number of hydrogen-bond donors (Lipinski definition) is 1. The number of hydrogen-bond acceptors (Lipinski definition) is 5. The summed E-state index contributed by atoms with van der Waals surface area (Å²) in [6.45, 7) is 0.536. The maximum atomic E-state index is 12.9. The number of aryl methyl sites for hydroxylation is 1. The number of nitrogens with one attached hydrogen (secondary N) is 1. The molecule has 0 fully saturated rings. The molecule has 0 saturated carbocycles. The highest BCUT2D eigenvalue weighted by Crippen LogP contribution is 2.21. The van der Waals surface area contributed by atoms with Crippen molar-refractivity contribution in [2.45, 2.75) is 13.1 Å². The molecular formula is C21H18N4O3S. The maximum Gasteiger partial charge on any atom is 0.332 e. The molecule has 0 aliphatic carbocycles. The van der Waals surface area contributed by atoms with Crippen molar-refractivity contribution in [1.82, 2.24) is 19.4 Å². The van der Waals surface area contributed by atoms with Crippen LogP contribution in [0, 0.1) is 0 Å². The number of fused-ring (bicyclic) bond motifs is 1. The molecule has 146 valence electrons. The number of benzene rings is 1. The SMILES string of the molecule is Cn1c(=O)n(Cc2ccccc2)c(=O)c2cc(C(=O)NCc3ccncc3)sc21. The van der Waals surface area contributed by atoms with E-state index in [1.54, 1.807) is 25.5 Å². The van der Waals surface area contributed by atoms with Crippen molar-refractivity contribution < 1.29 is 4.79 Å². The molecule has 4 aromatic rings. The van der Waals surface area contributed by atoms with E-state index in [0.717, 1.165) is 22.5 Å². The molecule has 1 N–H and O–H groups in total. The molecule has 0 bridgehead atoms. The molecule has 0 saturated heterocycles. The Bertz CT molecular complexity index is 1290. The molecule has 0 radical (unpaired) electrons.